The monoisotopic (exact) mass is 506 g/mol. The summed E-state index contributed by atoms with van der Waals surface area (Å²) in [6, 6.07) is 9.36. The van der Waals surface area contributed by atoms with Gasteiger partial charge in [0, 0.05) is 6.54 Å². The van der Waals surface area contributed by atoms with E-state index in [2.05, 4.69) is 27.3 Å². The molecule has 0 saturated heterocycles. The van der Waals surface area contributed by atoms with Gasteiger partial charge in [-0.25, -0.2) is 0 Å². The summed E-state index contributed by atoms with van der Waals surface area (Å²) in [4.78, 5) is 0.308. The van der Waals surface area contributed by atoms with Crippen LogP contribution in [-0.4, -0.2) is 40.5 Å². The normalized spacial score (nSPS) is 10.7. The summed E-state index contributed by atoms with van der Waals surface area (Å²) in [5.41, 5.74) is 1.89. The van der Waals surface area contributed by atoms with Crippen LogP contribution < -0.4 is 29.0 Å². The minimum atomic E-state index is 0.307. The Balaban J connectivity index is 2.25. The van der Waals surface area contributed by atoms with E-state index in [4.69, 9.17) is 35.9 Å². The highest BCUT2D eigenvalue weighted by molar-refractivity contribution is 9.10. The largest absolute Gasteiger partial charge is 0.493 e. The highest BCUT2D eigenvalue weighted by atomic mass is 79.9. The lowest BCUT2D eigenvalue weighted by atomic mass is 10.1. The van der Waals surface area contributed by atoms with Crippen molar-refractivity contribution in [1.29, 1.82) is 5.26 Å². The molecule has 0 saturated carbocycles. The number of hydrogen-bond donors (Lipinski definition) is 1. The van der Waals surface area contributed by atoms with E-state index in [9.17, 15) is 5.26 Å². The van der Waals surface area contributed by atoms with Crippen LogP contribution in [0.4, 0.5) is 0 Å². The quantitative estimate of drug-likeness (QED) is 0.302. The average molecular weight is 507 g/mol. The third-order valence-corrected chi connectivity index (χ3v) is 5.26. The van der Waals surface area contributed by atoms with Crippen LogP contribution in [0.5, 0.6) is 28.7 Å². The summed E-state index contributed by atoms with van der Waals surface area (Å²) < 4.78 is 27.4. The topological polar surface area (TPSA) is 82.0 Å². The summed E-state index contributed by atoms with van der Waals surface area (Å²) in [7, 11) is 7.76. The summed E-state index contributed by atoms with van der Waals surface area (Å²) in [5, 5.41) is 12.7. The third kappa shape index (κ3) is 5.81. The predicted octanol–water partition coefficient (Wildman–Crippen LogP) is 4.52. The molecule has 2 aromatic carbocycles. The number of benzene rings is 2. The van der Waals surface area contributed by atoms with Gasteiger partial charge in [0.1, 0.15) is 11.1 Å². The highest BCUT2D eigenvalue weighted by Crippen LogP contribution is 2.38. The van der Waals surface area contributed by atoms with Gasteiger partial charge < -0.3 is 29.0 Å². The molecular weight excluding hydrogens is 484 g/mol. The molecule has 0 radical (unpaired) electrons. The first-order valence-corrected chi connectivity index (χ1v) is 10.2. The number of halogens is 1. The van der Waals surface area contributed by atoms with Gasteiger partial charge in [0.05, 0.1) is 45.6 Å². The van der Waals surface area contributed by atoms with Crippen LogP contribution in [-0.2, 0) is 6.54 Å². The van der Waals surface area contributed by atoms with Gasteiger partial charge in [-0.05, 0) is 57.4 Å². The van der Waals surface area contributed by atoms with E-state index in [1.165, 1.54) is 0 Å². The van der Waals surface area contributed by atoms with Gasteiger partial charge in [0.25, 0.3) is 0 Å². The zero-order valence-electron chi connectivity index (χ0n) is 17.9. The van der Waals surface area contributed by atoms with Crippen LogP contribution >= 0.6 is 28.1 Å². The Morgan fingerprint density at radius 2 is 1.48 bits per heavy atom. The van der Waals surface area contributed by atoms with E-state index in [1.54, 1.807) is 47.7 Å². The average Bonchev–Trinajstić information content (AvgIpc) is 2.79. The van der Waals surface area contributed by atoms with Crippen LogP contribution in [0.1, 0.15) is 11.1 Å². The van der Waals surface area contributed by atoms with Crippen molar-refractivity contribution in [2.45, 2.75) is 6.54 Å². The number of methoxy groups -OCH3 is 5. The first-order valence-electron chi connectivity index (χ1n) is 9.02. The lowest BCUT2D eigenvalue weighted by Crippen LogP contribution is -2.22. The number of rotatable bonds is 9. The lowest BCUT2D eigenvalue weighted by Gasteiger charge is -2.15. The molecule has 0 aliphatic rings. The molecule has 164 valence electrons. The maximum absolute atomic E-state index is 9.61. The van der Waals surface area contributed by atoms with Crippen molar-refractivity contribution in [2.24, 2.45) is 0 Å². The summed E-state index contributed by atoms with van der Waals surface area (Å²) in [6.07, 6.45) is 1.68. The molecule has 7 nitrogen and oxygen atoms in total. The first kappa shape index (κ1) is 24.3. The Labute approximate surface area is 195 Å². The van der Waals surface area contributed by atoms with Crippen LogP contribution in [0.3, 0.4) is 0 Å². The molecule has 0 unspecified atom stereocenters. The van der Waals surface area contributed by atoms with E-state index in [-0.39, 0.29) is 0 Å². The minimum absolute atomic E-state index is 0.307. The van der Waals surface area contributed by atoms with Gasteiger partial charge in [0.15, 0.2) is 23.0 Å². The van der Waals surface area contributed by atoms with Crippen molar-refractivity contribution in [2.75, 3.05) is 35.5 Å². The molecule has 2 aromatic rings. The molecule has 1 N–H and O–H groups in total. The molecule has 0 aromatic heterocycles. The highest BCUT2D eigenvalue weighted by Gasteiger charge is 2.14. The maximum atomic E-state index is 9.61. The van der Waals surface area contributed by atoms with Gasteiger partial charge >= 0.3 is 0 Å². The smallest absolute Gasteiger partial charge is 0.203 e. The molecule has 0 spiro atoms. The number of thiocarbonyl (C=S) groups is 1. The van der Waals surface area contributed by atoms with Crippen LogP contribution in [0, 0.1) is 11.3 Å². The Kier molecular flexibility index (Phi) is 8.97. The molecule has 9 heteroatoms. The molecule has 0 aliphatic carbocycles. The van der Waals surface area contributed by atoms with E-state index >= 15 is 0 Å². The van der Waals surface area contributed by atoms with Crippen molar-refractivity contribution in [3.63, 3.8) is 0 Å². The van der Waals surface area contributed by atoms with E-state index in [0.29, 0.717) is 50.3 Å². The molecular formula is C22H23BrN2O5S. The van der Waals surface area contributed by atoms with Gasteiger partial charge in [0.2, 0.25) is 5.75 Å². The van der Waals surface area contributed by atoms with Gasteiger partial charge in [-0.3, -0.25) is 0 Å². The maximum Gasteiger partial charge on any atom is 0.203 e. The predicted molar refractivity (Wildman–Crippen MR) is 126 cm³/mol. The molecule has 0 heterocycles. The van der Waals surface area contributed by atoms with E-state index < -0.39 is 0 Å². The van der Waals surface area contributed by atoms with Crippen LogP contribution in [0.2, 0.25) is 0 Å². The van der Waals surface area contributed by atoms with Crippen molar-refractivity contribution < 1.29 is 23.7 Å². The fourth-order valence-corrected chi connectivity index (χ4v) is 3.65. The number of nitriles is 1. The molecule has 2 rings (SSSR count). The second-order valence-corrected chi connectivity index (χ2v) is 7.39. The molecule has 0 fully saturated rings. The van der Waals surface area contributed by atoms with Gasteiger partial charge in [-0.15, -0.1) is 0 Å². The Hall–Kier alpha value is -2.96. The zero-order chi connectivity index (χ0) is 23.0. The third-order valence-electron chi connectivity index (χ3n) is 4.31. The van der Waals surface area contributed by atoms with Gasteiger partial charge in [-0.1, -0.05) is 12.2 Å². The Morgan fingerprint density at radius 3 is 1.97 bits per heavy atom. The zero-order valence-corrected chi connectivity index (χ0v) is 20.3. The second-order valence-electron chi connectivity index (χ2n) is 6.12. The van der Waals surface area contributed by atoms with E-state index in [1.807, 2.05) is 18.2 Å². The van der Waals surface area contributed by atoms with Crippen molar-refractivity contribution in [3.8, 4) is 34.8 Å². The summed E-state index contributed by atoms with van der Waals surface area (Å²) >= 11 is 8.88. The lowest BCUT2D eigenvalue weighted by molar-refractivity contribution is 0.323. The van der Waals surface area contributed by atoms with Crippen molar-refractivity contribution in [3.05, 3.63) is 45.4 Å². The van der Waals surface area contributed by atoms with Crippen molar-refractivity contribution in [1.82, 2.24) is 5.32 Å². The molecule has 0 atom stereocenters. The Morgan fingerprint density at radius 1 is 0.935 bits per heavy atom. The molecule has 31 heavy (non-hydrogen) atoms. The van der Waals surface area contributed by atoms with E-state index in [0.717, 1.165) is 11.1 Å². The summed E-state index contributed by atoms with van der Waals surface area (Å²) in [6.45, 7) is 0.365. The van der Waals surface area contributed by atoms with Crippen molar-refractivity contribution >= 4 is 39.2 Å². The second kappa shape index (κ2) is 11.4. The Bertz CT molecular complexity index is 1010. The molecule has 0 aliphatic heterocycles. The fourth-order valence-electron chi connectivity index (χ4n) is 2.85. The van der Waals surface area contributed by atoms with Crippen LogP contribution in [0.15, 0.2) is 34.3 Å². The number of nitrogens with zero attached hydrogens (tertiary/aromatic N) is 1. The minimum Gasteiger partial charge on any atom is -0.493 e. The van der Waals surface area contributed by atoms with Gasteiger partial charge in [-0.2, -0.15) is 5.26 Å². The number of hydrogen-bond acceptors (Lipinski definition) is 7. The molecule has 0 amide bonds. The van der Waals surface area contributed by atoms with Crippen LogP contribution in [0.25, 0.3) is 6.08 Å². The summed E-state index contributed by atoms with van der Waals surface area (Å²) in [5.74, 6) is 2.69. The SMILES string of the molecule is COc1cc(C=C(C#N)C(=S)NCc2cc(OC)c(OC)c(OC)c2)cc(Br)c1OC. The number of nitrogens with one attached hydrogen (secondary N) is 1. The fraction of sp³-hybridized carbons (Fsp3) is 0.273. The first-order chi connectivity index (χ1) is 14.9. The number of ether oxygens (including phenoxy) is 5. The molecule has 0 bridgehead atoms. The standard InChI is InChI=1S/C22H23BrN2O5S/c1-26-17-8-13(7-16(23)20(17)29-4)6-15(11-24)22(31)25-12-14-9-18(27-2)21(30-5)19(10-14)28-3/h6-10H,12H2,1-5H3,(H,25,31).